The van der Waals surface area contributed by atoms with E-state index in [2.05, 4.69) is 6.92 Å². The highest BCUT2D eigenvalue weighted by Gasteiger charge is 2.23. The Kier molecular flexibility index (Phi) is 10.1. The molecule has 24 heavy (non-hydrogen) atoms. The summed E-state index contributed by atoms with van der Waals surface area (Å²) in [6.45, 7) is 2.44. The summed E-state index contributed by atoms with van der Waals surface area (Å²) < 4.78 is 0. The van der Waals surface area contributed by atoms with Crippen molar-refractivity contribution in [2.24, 2.45) is 23.7 Å². The summed E-state index contributed by atoms with van der Waals surface area (Å²) >= 11 is 0. The molecule has 0 spiro atoms. The maximum Gasteiger partial charge on any atom is 0.123 e. The van der Waals surface area contributed by atoms with E-state index >= 15 is 0 Å². The number of unbranched alkanes of at least 4 members (excludes halogenated alkanes) is 6. The number of hydrogen-bond donors (Lipinski definition) is 0. The van der Waals surface area contributed by atoms with Gasteiger partial charge in [0.1, 0.15) is 6.29 Å². The Morgan fingerprint density at radius 3 is 2.12 bits per heavy atom. The van der Waals surface area contributed by atoms with Crippen molar-refractivity contribution < 1.29 is 4.79 Å². The minimum absolute atomic E-state index is 0.390. The Labute approximate surface area is 151 Å². The number of hydrogen-bond acceptors (Lipinski definition) is 1. The highest BCUT2D eigenvalue weighted by molar-refractivity contribution is 5.54. The Bertz CT molecular complexity index is 324. The van der Waals surface area contributed by atoms with Gasteiger partial charge < -0.3 is 4.79 Å². The number of carbonyl (C=O) groups excluding carboxylic acids is 1. The van der Waals surface area contributed by atoms with Crippen LogP contribution >= 0.6 is 0 Å². The van der Waals surface area contributed by atoms with Crippen molar-refractivity contribution >= 4 is 6.29 Å². The second kappa shape index (κ2) is 12.1. The van der Waals surface area contributed by atoms with E-state index < -0.39 is 0 Å². The zero-order chi connectivity index (χ0) is 17.0. The molecule has 1 heteroatoms. The third-order valence-corrected chi connectivity index (χ3v) is 6.87. The molecule has 0 aromatic carbocycles. The molecule has 0 N–H and O–H groups in total. The van der Waals surface area contributed by atoms with Gasteiger partial charge in [-0.3, -0.25) is 0 Å². The smallest absolute Gasteiger partial charge is 0.123 e. The summed E-state index contributed by atoms with van der Waals surface area (Å²) in [5.74, 6) is 3.15. The van der Waals surface area contributed by atoms with E-state index in [0.717, 1.165) is 18.3 Å². The van der Waals surface area contributed by atoms with Crippen LogP contribution < -0.4 is 0 Å². The molecule has 2 rings (SSSR count). The molecule has 0 heterocycles. The molecule has 0 radical (unpaired) electrons. The summed E-state index contributed by atoms with van der Waals surface area (Å²) in [7, 11) is 0. The van der Waals surface area contributed by atoms with Crippen molar-refractivity contribution in [3.05, 3.63) is 0 Å². The van der Waals surface area contributed by atoms with Gasteiger partial charge in [-0.1, -0.05) is 90.4 Å². The normalized spacial score (nSPS) is 31.0. The van der Waals surface area contributed by atoms with E-state index in [1.165, 1.54) is 109 Å². The van der Waals surface area contributed by atoms with Gasteiger partial charge in [0.15, 0.2) is 0 Å². The van der Waals surface area contributed by atoms with Gasteiger partial charge in [-0.15, -0.1) is 0 Å². The number of carbonyl (C=O) groups is 1. The van der Waals surface area contributed by atoms with Crippen molar-refractivity contribution in [2.45, 2.75) is 116 Å². The first-order valence-corrected chi connectivity index (χ1v) is 11.2. The third-order valence-electron chi connectivity index (χ3n) is 6.87. The molecule has 2 aliphatic carbocycles. The standard InChI is InChI=1S/C23H42O/c1-20-12-11-14-21(18-20)13-7-5-3-2-4-6-8-15-22-16-9-10-17-23(22)19-24/h19-23H,2-18H2,1H3. The van der Waals surface area contributed by atoms with E-state index in [-0.39, 0.29) is 0 Å². The summed E-state index contributed by atoms with van der Waals surface area (Å²) in [5.41, 5.74) is 0. The van der Waals surface area contributed by atoms with Crippen LogP contribution in [0.5, 0.6) is 0 Å². The van der Waals surface area contributed by atoms with Crippen LogP contribution in [0.1, 0.15) is 116 Å². The fourth-order valence-electron chi connectivity index (χ4n) is 5.32. The maximum atomic E-state index is 11.1. The minimum atomic E-state index is 0.390. The summed E-state index contributed by atoms with van der Waals surface area (Å²) in [4.78, 5) is 11.1. The van der Waals surface area contributed by atoms with E-state index in [9.17, 15) is 4.79 Å². The molecule has 4 atom stereocenters. The van der Waals surface area contributed by atoms with E-state index in [4.69, 9.17) is 0 Å². The van der Waals surface area contributed by atoms with Crippen LogP contribution in [0.3, 0.4) is 0 Å². The van der Waals surface area contributed by atoms with Gasteiger partial charge in [0, 0.05) is 5.92 Å². The summed E-state index contributed by atoms with van der Waals surface area (Å²) in [6.07, 6.45) is 25.1. The zero-order valence-corrected chi connectivity index (χ0v) is 16.3. The molecule has 0 amide bonds. The molecule has 0 aliphatic heterocycles. The first-order chi connectivity index (χ1) is 11.8. The largest absolute Gasteiger partial charge is 0.303 e. The molecule has 0 aromatic rings. The average Bonchev–Trinajstić information content (AvgIpc) is 2.60. The van der Waals surface area contributed by atoms with Gasteiger partial charge in [0.05, 0.1) is 0 Å². The molecule has 0 bridgehead atoms. The van der Waals surface area contributed by atoms with Crippen molar-refractivity contribution in [1.29, 1.82) is 0 Å². The van der Waals surface area contributed by atoms with Crippen LogP contribution in [-0.2, 0) is 4.79 Å². The van der Waals surface area contributed by atoms with E-state index in [0.29, 0.717) is 11.8 Å². The van der Waals surface area contributed by atoms with Crippen LogP contribution in [0.4, 0.5) is 0 Å². The first-order valence-electron chi connectivity index (χ1n) is 11.2. The quantitative estimate of drug-likeness (QED) is 0.285. The third kappa shape index (κ3) is 7.70. The van der Waals surface area contributed by atoms with Crippen molar-refractivity contribution in [3.63, 3.8) is 0 Å². The lowest BCUT2D eigenvalue weighted by molar-refractivity contribution is -0.113. The van der Waals surface area contributed by atoms with Crippen LogP contribution in [0.25, 0.3) is 0 Å². The van der Waals surface area contributed by atoms with Crippen LogP contribution in [-0.4, -0.2) is 6.29 Å². The number of aldehydes is 1. The fraction of sp³-hybridized carbons (Fsp3) is 0.957. The fourth-order valence-corrected chi connectivity index (χ4v) is 5.32. The van der Waals surface area contributed by atoms with E-state index in [1.54, 1.807) is 0 Å². The lowest BCUT2D eigenvalue weighted by Gasteiger charge is -2.27. The molecular formula is C23H42O. The van der Waals surface area contributed by atoms with Gasteiger partial charge in [-0.05, 0) is 43.4 Å². The number of rotatable bonds is 11. The average molecular weight is 335 g/mol. The molecule has 2 saturated carbocycles. The highest BCUT2D eigenvalue weighted by Crippen LogP contribution is 2.33. The second-order valence-electron chi connectivity index (χ2n) is 9.03. The van der Waals surface area contributed by atoms with Crippen molar-refractivity contribution in [3.8, 4) is 0 Å². The molecule has 4 unspecified atom stereocenters. The van der Waals surface area contributed by atoms with Gasteiger partial charge in [-0.2, -0.15) is 0 Å². The SMILES string of the molecule is CC1CCCC(CCCCCCCCCC2CCCCC2C=O)C1. The molecule has 0 aromatic heterocycles. The van der Waals surface area contributed by atoms with Crippen LogP contribution in [0.15, 0.2) is 0 Å². The molecular weight excluding hydrogens is 292 g/mol. The lowest BCUT2D eigenvalue weighted by atomic mass is 9.77. The predicted octanol–water partition coefficient (Wildman–Crippen LogP) is 7.33. The Morgan fingerprint density at radius 2 is 1.42 bits per heavy atom. The summed E-state index contributed by atoms with van der Waals surface area (Å²) in [5, 5.41) is 0. The first kappa shape index (κ1) is 20.0. The van der Waals surface area contributed by atoms with Crippen LogP contribution in [0.2, 0.25) is 0 Å². The second-order valence-corrected chi connectivity index (χ2v) is 9.03. The molecule has 0 saturated heterocycles. The Morgan fingerprint density at radius 1 is 0.750 bits per heavy atom. The Balaban J connectivity index is 1.38. The molecule has 1 nitrogen and oxygen atoms in total. The van der Waals surface area contributed by atoms with Crippen molar-refractivity contribution in [1.82, 2.24) is 0 Å². The zero-order valence-electron chi connectivity index (χ0n) is 16.3. The minimum Gasteiger partial charge on any atom is -0.303 e. The monoisotopic (exact) mass is 334 g/mol. The molecule has 140 valence electrons. The maximum absolute atomic E-state index is 11.1. The summed E-state index contributed by atoms with van der Waals surface area (Å²) in [6, 6.07) is 0. The topological polar surface area (TPSA) is 17.1 Å². The van der Waals surface area contributed by atoms with Gasteiger partial charge >= 0.3 is 0 Å². The molecule has 2 fully saturated rings. The van der Waals surface area contributed by atoms with Crippen LogP contribution in [0, 0.1) is 23.7 Å². The highest BCUT2D eigenvalue weighted by atomic mass is 16.1. The van der Waals surface area contributed by atoms with Crippen molar-refractivity contribution in [2.75, 3.05) is 0 Å². The Hall–Kier alpha value is -0.330. The van der Waals surface area contributed by atoms with Gasteiger partial charge in [-0.25, -0.2) is 0 Å². The van der Waals surface area contributed by atoms with Gasteiger partial charge in [0.2, 0.25) is 0 Å². The lowest BCUT2D eigenvalue weighted by Crippen LogP contribution is -2.20. The molecule has 2 aliphatic rings. The van der Waals surface area contributed by atoms with Gasteiger partial charge in [0.25, 0.3) is 0 Å². The predicted molar refractivity (Wildman–Crippen MR) is 104 cm³/mol. The van der Waals surface area contributed by atoms with E-state index in [1.807, 2.05) is 0 Å².